The molecular formula is C27H24N4O3S3. The van der Waals surface area contributed by atoms with Gasteiger partial charge < -0.3 is 16.0 Å². The number of thioether (sulfide) groups is 1. The molecule has 0 aliphatic rings. The number of hydrogen-bond donors (Lipinski definition) is 4. The minimum Gasteiger partial charge on any atom is -0.332 e. The van der Waals surface area contributed by atoms with Crippen LogP contribution in [0.2, 0.25) is 0 Å². The molecule has 0 aliphatic heterocycles. The number of thiocarbonyl (C=S) groups is 1. The van der Waals surface area contributed by atoms with E-state index in [1.54, 1.807) is 0 Å². The van der Waals surface area contributed by atoms with Crippen LogP contribution >= 0.6 is 24.0 Å². The number of nitrogens with one attached hydrogen (secondary N) is 3. The summed E-state index contributed by atoms with van der Waals surface area (Å²) >= 11 is 6.82. The number of benzene rings is 4. The van der Waals surface area contributed by atoms with Gasteiger partial charge in [-0.2, -0.15) is 0 Å². The molecular weight excluding hydrogens is 525 g/mol. The molecule has 0 spiro atoms. The Balaban J connectivity index is 1.50. The third-order valence-electron chi connectivity index (χ3n) is 5.17. The predicted octanol–water partition coefficient (Wildman–Crippen LogP) is 5.62. The van der Waals surface area contributed by atoms with E-state index < -0.39 is 15.3 Å². The van der Waals surface area contributed by atoms with E-state index in [1.807, 2.05) is 84.9 Å². The molecule has 4 rings (SSSR count). The Labute approximate surface area is 225 Å². The maximum Gasteiger partial charge on any atom is 0.242 e. The number of anilines is 3. The average molecular weight is 549 g/mol. The molecule has 1 amide bonds. The van der Waals surface area contributed by atoms with Crippen LogP contribution in [0.4, 0.5) is 17.1 Å². The van der Waals surface area contributed by atoms with Crippen LogP contribution in [0.1, 0.15) is 10.8 Å². The zero-order valence-electron chi connectivity index (χ0n) is 19.5. The number of primary sulfonamides is 1. The highest BCUT2D eigenvalue weighted by atomic mass is 32.2. The summed E-state index contributed by atoms with van der Waals surface area (Å²) in [5, 5.41) is 14.2. The predicted molar refractivity (Wildman–Crippen MR) is 154 cm³/mol. The van der Waals surface area contributed by atoms with E-state index in [2.05, 4.69) is 16.0 Å². The lowest BCUT2D eigenvalue weighted by atomic mass is 10.1. The molecule has 0 saturated carbocycles. The molecule has 188 valence electrons. The monoisotopic (exact) mass is 548 g/mol. The van der Waals surface area contributed by atoms with Gasteiger partial charge in [0.1, 0.15) is 5.25 Å². The van der Waals surface area contributed by atoms with Crippen LogP contribution in [-0.4, -0.2) is 19.4 Å². The van der Waals surface area contributed by atoms with Crippen molar-refractivity contribution in [3.8, 4) is 0 Å². The molecule has 0 saturated heterocycles. The summed E-state index contributed by atoms with van der Waals surface area (Å²) in [7, 11) is -3.82. The lowest BCUT2D eigenvalue weighted by Crippen LogP contribution is -2.20. The molecule has 5 N–H and O–H groups in total. The van der Waals surface area contributed by atoms with Crippen molar-refractivity contribution in [3.63, 3.8) is 0 Å². The first-order valence-corrected chi connectivity index (χ1v) is 14.0. The maximum atomic E-state index is 13.3. The van der Waals surface area contributed by atoms with Gasteiger partial charge in [-0.3, -0.25) is 4.79 Å². The van der Waals surface area contributed by atoms with Gasteiger partial charge in [0.25, 0.3) is 0 Å². The lowest BCUT2D eigenvalue weighted by Gasteiger charge is -2.18. The fraction of sp³-hybridized carbons (Fsp3) is 0.0370. The second kappa shape index (κ2) is 12.0. The molecule has 37 heavy (non-hydrogen) atoms. The summed E-state index contributed by atoms with van der Waals surface area (Å²) in [6.45, 7) is 0. The van der Waals surface area contributed by atoms with Gasteiger partial charge >= 0.3 is 0 Å². The van der Waals surface area contributed by atoms with Crippen LogP contribution < -0.4 is 21.1 Å². The smallest absolute Gasteiger partial charge is 0.242 e. The summed E-state index contributed by atoms with van der Waals surface area (Å²) in [5.41, 5.74) is 2.95. The molecule has 0 heterocycles. The first-order valence-electron chi connectivity index (χ1n) is 11.2. The molecule has 7 nitrogen and oxygen atoms in total. The number of para-hydroxylation sites is 1. The van der Waals surface area contributed by atoms with E-state index in [0.717, 1.165) is 21.8 Å². The van der Waals surface area contributed by atoms with Crippen molar-refractivity contribution < 1.29 is 13.2 Å². The molecule has 0 aromatic heterocycles. The average Bonchev–Trinajstić information content (AvgIpc) is 2.88. The second-order valence-electron chi connectivity index (χ2n) is 7.94. The summed E-state index contributed by atoms with van der Waals surface area (Å²) < 4.78 is 23.0. The van der Waals surface area contributed by atoms with E-state index in [4.69, 9.17) is 17.4 Å². The lowest BCUT2D eigenvalue weighted by molar-refractivity contribution is -0.115. The van der Waals surface area contributed by atoms with Crippen molar-refractivity contribution in [2.75, 3.05) is 16.0 Å². The van der Waals surface area contributed by atoms with E-state index in [-0.39, 0.29) is 10.8 Å². The number of amides is 1. The third-order valence-corrected chi connectivity index (χ3v) is 7.55. The van der Waals surface area contributed by atoms with Crippen molar-refractivity contribution in [1.29, 1.82) is 0 Å². The topological polar surface area (TPSA) is 113 Å². The van der Waals surface area contributed by atoms with E-state index in [0.29, 0.717) is 10.8 Å². The second-order valence-corrected chi connectivity index (χ2v) is 11.1. The Kier molecular flexibility index (Phi) is 8.57. The van der Waals surface area contributed by atoms with Gasteiger partial charge in [0.15, 0.2) is 5.11 Å². The van der Waals surface area contributed by atoms with Gasteiger partial charge in [0.2, 0.25) is 15.9 Å². The molecule has 0 bridgehead atoms. The SMILES string of the molecule is NS(=O)(=O)c1ccc(NC(=O)C(Sc2cccc(NC(=S)Nc3ccccc3)c2)c2ccccc2)cc1. The van der Waals surface area contributed by atoms with Gasteiger partial charge in [0.05, 0.1) is 4.90 Å². The zero-order chi connectivity index (χ0) is 26.3. The Morgan fingerprint density at radius 1 is 0.730 bits per heavy atom. The Hall–Kier alpha value is -3.70. The number of nitrogens with two attached hydrogens (primary N) is 1. The highest BCUT2D eigenvalue weighted by Crippen LogP contribution is 2.37. The van der Waals surface area contributed by atoms with Crippen molar-refractivity contribution in [2.45, 2.75) is 15.0 Å². The number of rotatable bonds is 8. The number of sulfonamides is 1. The normalized spacial score (nSPS) is 11.8. The number of hydrogen-bond acceptors (Lipinski definition) is 5. The Morgan fingerprint density at radius 2 is 1.30 bits per heavy atom. The maximum absolute atomic E-state index is 13.3. The minimum absolute atomic E-state index is 0.0246. The first kappa shape index (κ1) is 26.4. The molecule has 0 aliphatic carbocycles. The molecule has 4 aromatic carbocycles. The van der Waals surface area contributed by atoms with Gasteiger partial charge in [-0.05, 0) is 72.4 Å². The van der Waals surface area contributed by atoms with Crippen molar-refractivity contribution in [2.24, 2.45) is 5.14 Å². The molecule has 4 aromatic rings. The number of carbonyl (C=O) groups excluding carboxylic acids is 1. The van der Waals surface area contributed by atoms with Crippen LogP contribution in [0.25, 0.3) is 0 Å². The quantitative estimate of drug-likeness (QED) is 0.167. The summed E-state index contributed by atoms with van der Waals surface area (Å²) in [6.07, 6.45) is 0. The molecule has 1 atom stereocenters. The highest BCUT2D eigenvalue weighted by molar-refractivity contribution is 8.00. The molecule has 0 radical (unpaired) electrons. The van der Waals surface area contributed by atoms with E-state index in [9.17, 15) is 13.2 Å². The third kappa shape index (κ3) is 7.64. The van der Waals surface area contributed by atoms with Crippen LogP contribution in [0.5, 0.6) is 0 Å². The van der Waals surface area contributed by atoms with Crippen LogP contribution in [0.3, 0.4) is 0 Å². The summed E-state index contributed by atoms with van der Waals surface area (Å²) in [4.78, 5) is 14.2. The van der Waals surface area contributed by atoms with Gasteiger partial charge in [-0.25, -0.2) is 13.6 Å². The molecule has 0 fully saturated rings. The number of carbonyl (C=O) groups is 1. The fourth-order valence-electron chi connectivity index (χ4n) is 3.43. The Morgan fingerprint density at radius 3 is 1.95 bits per heavy atom. The molecule has 10 heteroatoms. The standard InChI is InChI=1S/C27H24N4O3S3/c28-37(33,34)24-16-14-21(15-17-24)29-26(32)25(19-8-3-1-4-9-19)36-23-13-7-12-22(18-23)31-27(35)30-20-10-5-2-6-11-20/h1-18,25H,(H,29,32)(H2,28,33,34)(H2,30,31,35). The van der Waals surface area contributed by atoms with E-state index >= 15 is 0 Å². The van der Waals surface area contributed by atoms with Gasteiger partial charge in [-0.1, -0.05) is 54.6 Å². The van der Waals surface area contributed by atoms with Crippen LogP contribution in [-0.2, 0) is 14.8 Å². The summed E-state index contributed by atoms with van der Waals surface area (Å²) in [6, 6.07) is 32.4. The minimum atomic E-state index is -3.82. The van der Waals surface area contributed by atoms with Crippen LogP contribution in [0.15, 0.2) is 119 Å². The van der Waals surface area contributed by atoms with Crippen LogP contribution in [0, 0.1) is 0 Å². The van der Waals surface area contributed by atoms with Crippen molar-refractivity contribution in [3.05, 3.63) is 115 Å². The van der Waals surface area contributed by atoms with Crippen molar-refractivity contribution in [1.82, 2.24) is 0 Å². The zero-order valence-corrected chi connectivity index (χ0v) is 21.9. The van der Waals surface area contributed by atoms with Gasteiger partial charge in [-0.15, -0.1) is 11.8 Å². The highest BCUT2D eigenvalue weighted by Gasteiger charge is 2.22. The van der Waals surface area contributed by atoms with E-state index in [1.165, 1.54) is 36.0 Å². The summed E-state index contributed by atoms with van der Waals surface area (Å²) in [5.74, 6) is -0.251. The van der Waals surface area contributed by atoms with Crippen molar-refractivity contribution >= 4 is 62.1 Å². The van der Waals surface area contributed by atoms with Gasteiger partial charge in [0, 0.05) is 22.0 Å². The Bertz CT molecular complexity index is 1480. The molecule has 1 unspecified atom stereocenters. The largest absolute Gasteiger partial charge is 0.332 e. The first-order chi connectivity index (χ1) is 17.8. The fourth-order valence-corrected chi connectivity index (χ4v) is 5.27.